The van der Waals surface area contributed by atoms with E-state index in [1.54, 1.807) is 0 Å². The second kappa shape index (κ2) is 4.68. The Hall–Kier alpha value is -1.85. The molecule has 3 rings (SSSR count). The van der Waals surface area contributed by atoms with Crippen LogP contribution in [0.15, 0.2) is 15.8 Å². The van der Waals surface area contributed by atoms with Crippen LogP contribution in [0.2, 0.25) is 0 Å². The van der Waals surface area contributed by atoms with Crippen LogP contribution in [-0.4, -0.2) is 21.9 Å². The zero-order valence-corrected chi connectivity index (χ0v) is 10.6. The molecule has 3 atom stereocenters. The minimum atomic E-state index is -0.637. The molecule has 0 bridgehead atoms. The molecule has 3 N–H and O–H groups in total. The quantitative estimate of drug-likeness (QED) is 0.719. The molecule has 2 aliphatic carbocycles. The number of carbonyl (C=O) groups is 1. The van der Waals surface area contributed by atoms with Crippen molar-refractivity contribution < 1.29 is 4.79 Å². The van der Waals surface area contributed by atoms with Gasteiger partial charge in [-0.25, -0.2) is 4.79 Å². The molecule has 0 saturated heterocycles. The molecule has 6 heteroatoms. The monoisotopic (exact) mass is 263 g/mol. The summed E-state index contributed by atoms with van der Waals surface area (Å²) in [6.45, 7) is 0. The van der Waals surface area contributed by atoms with Crippen molar-refractivity contribution in [2.45, 2.75) is 38.1 Å². The summed E-state index contributed by atoms with van der Waals surface area (Å²) in [7, 11) is 0. The Morgan fingerprint density at radius 3 is 2.84 bits per heavy atom. The first-order valence-electron chi connectivity index (χ1n) is 6.78. The highest BCUT2D eigenvalue weighted by atomic mass is 16.2. The summed E-state index contributed by atoms with van der Waals surface area (Å²) < 4.78 is 0. The van der Waals surface area contributed by atoms with E-state index in [2.05, 4.69) is 15.3 Å². The Morgan fingerprint density at radius 1 is 1.21 bits per heavy atom. The standard InChI is InChI=1S/C13H17N3O3/c17-11(9-6-14-13(19)16-12(9)18)15-10-5-4-7-2-1-3-8(7)10/h6-8,10H,1-5H2,(H,15,17)(H2,14,16,18,19)/t7-,8-,10-/m0/s1. The van der Waals surface area contributed by atoms with Crippen molar-refractivity contribution in [1.82, 2.24) is 15.3 Å². The Balaban J connectivity index is 1.75. The van der Waals surface area contributed by atoms with Crippen LogP contribution in [-0.2, 0) is 0 Å². The molecule has 0 radical (unpaired) electrons. The van der Waals surface area contributed by atoms with E-state index in [0.29, 0.717) is 5.92 Å². The number of fused-ring (bicyclic) bond motifs is 1. The molecule has 1 heterocycles. The van der Waals surface area contributed by atoms with E-state index >= 15 is 0 Å². The van der Waals surface area contributed by atoms with Gasteiger partial charge in [0.05, 0.1) is 0 Å². The topological polar surface area (TPSA) is 94.8 Å². The Labute approximate surface area is 109 Å². The summed E-state index contributed by atoms with van der Waals surface area (Å²) in [5, 5.41) is 2.95. The molecule has 2 aliphatic rings. The van der Waals surface area contributed by atoms with Crippen LogP contribution in [0.3, 0.4) is 0 Å². The molecule has 19 heavy (non-hydrogen) atoms. The predicted molar refractivity (Wildman–Crippen MR) is 69.0 cm³/mol. The van der Waals surface area contributed by atoms with Crippen LogP contribution in [0.5, 0.6) is 0 Å². The molecule has 2 saturated carbocycles. The van der Waals surface area contributed by atoms with Crippen LogP contribution >= 0.6 is 0 Å². The minimum Gasteiger partial charge on any atom is -0.349 e. The molecule has 0 unspecified atom stereocenters. The molecule has 0 aliphatic heterocycles. The maximum Gasteiger partial charge on any atom is 0.325 e. The first kappa shape index (κ1) is 12.2. The third-order valence-electron chi connectivity index (χ3n) is 4.46. The third-order valence-corrected chi connectivity index (χ3v) is 4.46. The van der Waals surface area contributed by atoms with Crippen molar-refractivity contribution in [2.75, 3.05) is 0 Å². The van der Waals surface area contributed by atoms with Crippen LogP contribution in [0.4, 0.5) is 0 Å². The Morgan fingerprint density at radius 2 is 2.05 bits per heavy atom. The smallest absolute Gasteiger partial charge is 0.325 e. The van der Waals surface area contributed by atoms with Gasteiger partial charge in [-0.15, -0.1) is 0 Å². The highest BCUT2D eigenvalue weighted by molar-refractivity contribution is 5.93. The van der Waals surface area contributed by atoms with Crippen LogP contribution in [0, 0.1) is 11.8 Å². The number of H-pyrrole nitrogens is 2. The lowest BCUT2D eigenvalue weighted by atomic mass is 9.97. The molecular weight excluding hydrogens is 246 g/mol. The summed E-state index contributed by atoms with van der Waals surface area (Å²) in [5.74, 6) is 0.903. The van der Waals surface area contributed by atoms with Gasteiger partial charge in [0, 0.05) is 12.2 Å². The second-order valence-corrected chi connectivity index (χ2v) is 5.50. The van der Waals surface area contributed by atoms with Crippen molar-refractivity contribution in [3.63, 3.8) is 0 Å². The number of nitrogens with one attached hydrogen (secondary N) is 3. The molecule has 1 aromatic rings. The highest BCUT2D eigenvalue weighted by Gasteiger charge is 2.39. The fraction of sp³-hybridized carbons (Fsp3) is 0.615. The summed E-state index contributed by atoms with van der Waals surface area (Å²) in [6, 6.07) is 0.173. The van der Waals surface area contributed by atoms with E-state index in [4.69, 9.17) is 0 Å². The molecule has 0 aromatic carbocycles. The molecule has 1 amide bonds. The van der Waals surface area contributed by atoms with Gasteiger partial charge in [-0.3, -0.25) is 14.6 Å². The van der Waals surface area contributed by atoms with Crippen LogP contribution in [0.25, 0.3) is 0 Å². The number of hydrogen-bond acceptors (Lipinski definition) is 3. The van der Waals surface area contributed by atoms with Gasteiger partial charge in [0.2, 0.25) is 0 Å². The minimum absolute atomic E-state index is 0.0268. The average Bonchev–Trinajstić information content (AvgIpc) is 2.94. The SMILES string of the molecule is O=C(N[C@H]1CC[C@@H]2CCC[C@@H]21)c1c[nH]c(=O)[nH]c1=O. The van der Waals surface area contributed by atoms with E-state index in [-0.39, 0.29) is 11.6 Å². The number of rotatable bonds is 2. The fourth-order valence-corrected chi connectivity index (χ4v) is 3.57. The van der Waals surface area contributed by atoms with Gasteiger partial charge in [0.25, 0.3) is 11.5 Å². The van der Waals surface area contributed by atoms with Crippen molar-refractivity contribution in [3.05, 3.63) is 32.6 Å². The van der Waals surface area contributed by atoms with Crippen LogP contribution < -0.4 is 16.6 Å². The van der Waals surface area contributed by atoms with Gasteiger partial charge in [-0.1, -0.05) is 12.8 Å². The van der Waals surface area contributed by atoms with Gasteiger partial charge in [-0.2, -0.15) is 0 Å². The van der Waals surface area contributed by atoms with Crippen molar-refractivity contribution in [3.8, 4) is 0 Å². The van der Waals surface area contributed by atoms with Crippen molar-refractivity contribution >= 4 is 5.91 Å². The zero-order chi connectivity index (χ0) is 13.4. The lowest BCUT2D eigenvalue weighted by Crippen LogP contribution is -2.41. The Kier molecular flexibility index (Phi) is 3.00. The maximum absolute atomic E-state index is 12.1. The van der Waals surface area contributed by atoms with E-state index in [1.807, 2.05) is 0 Å². The number of amides is 1. The largest absolute Gasteiger partial charge is 0.349 e. The predicted octanol–water partition coefficient (Wildman–Crippen LogP) is 0.372. The molecule has 2 fully saturated rings. The molecule has 1 aromatic heterocycles. The van der Waals surface area contributed by atoms with Crippen molar-refractivity contribution in [2.24, 2.45) is 11.8 Å². The van der Waals surface area contributed by atoms with Gasteiger partial charge >= 0.3 is 5.69 Å². The lowest BCUT2D eigenvalue weighted by Gasteiger charge is -2.19. The first-order chi connectivity index (χ1) is 9.15. The van der Waals surface area contributed by atoms with Crippen LogP contribution in [0.1, 0.15) is 42.5 Å². The molecule has 6 nitrogen and oxygen atoms in total. The van der Waals surface area contributed by atoms with Gasteiger partial charge in [0.15, 0.2) is 0 Å². The number of carbonyl (C=O) groups excluding carboxylic acids is 1. The highest BCUT2D eigenvalue weighted by Crippen LogP contribution is 2.43. The zero-order valence-electron chi connectivity index (χ0n) is 10.6. The lowest BCUT2D eigenvalue weighted by molar-refractivity contribution is 0.0924. The van der Waals surface area contributed by atoms with Gasteiger partial charge in [-0.05, 0) is 31.1 Å². The molecule has 0 spiro atoms. The average molecular weight is 263 g/mol. The summed E-state index contributed by atoms with van der Waals surface area (Å²) in [6.07, 6.45) is 6.99. The van der Waals surface area contributed by atoms with E-state index < -0.39 is 17.2 Å². The number of hydrogen-bond donors (Lipinski definition) is 3. The van der Waals surface area contributed by atoms with Gasteiger partial charge in [0.1, 0.15) is 5.56 Å². The Bertz CT molecular complexity index is 604. The number of aromatic nitrogens is 2. The molecule has 102 valence electrons. The summed E-state index contributed by atoms with van der Waals surface area (Å²) in [4.78, 5) is 38.9. The van der Waals surface area contributed by atoms with Gasteiger partial charge < -0.3 is 10.3 Å². The van der Waals surface area contributed by atoms with E-state index in [1.165, 1.54) is 19.0 Å². The second-order valence-electron chi connectivity index (χ2n) is 5.50. The first-order valence-corrected chi connectivity index (χ1v) is 6.78. The van der Waals surface area contributed by atoms with E-state index in [0.717, 1.165) is 25.2 Å². The normalized spacial score (nSPS) is 29.2. The number of aromatic amines is 2. The fourth-order valence-electron chi connectivity index (χ4n) is 3.57. The maximum atomic E-state index is 12.1. The molecular formula is C13H17N3O3. The summed E-state index contributed by atoms with van der Waals surface area (Å²) in [5.41, 5.74) is -1.26. The van der Waals surface area contributed by atoms with Crippen molar-refractivity contribution in [1.29, 1.82) is 0 Å². The third kappa shape index (κ3) is 2.22. The van der Waals surface area contributed by atoms with E-state index in [9.17, 15) is 14.4 Å². The summed E-state index contributed by atoms with van der Waals surface area (Å²) >= 11 is 0.